The van der Waals surface area contributed by atoms with Gasteiger partial charge in [0.05, 0.1) is 25.0 Å². The Morgan fingerprint density at radius 1 is 1.00 bits per heavy atom. The second-order valence-corrected chi connectivity index (χ2v) is 5.75. The molecule has 0 spiro atoms. The maximum atomic E-state index is 12.7. The highest BCUT2D eigenvalue weighted by Crippen LogP contribution is 2.35. The van der Waals surface area contributed by atoms with E-state index in [0.29, 0.717) is 26.1 Å². The van der Waals surface area contributed by atoms with Crippen LogP contribution in [0.5, 0.6) is 0 Å². The summed E-state index contributed by atoms with van der Waals surface area (Å²) >= 11 is 0. The Morgan fingerprint density at radius 2 is 1.65 bits per heavy atom. The van der Waals surface area contributed by atoms with Gasteiger partial charge in [-0.2, -0.15) is 0 Å². The van der Waals surface area contributed by atoms with E-state index in [4.69, 9.17) is 9.47 Å². The Balaban J connectivity index is 3.09. The minimum absolute atomic E-state index is 0.0641. The van der Waals surface area contributed by atoms with Crippen molar-refractivity contribution in [1.29, 1.82) is 0 Å². The zero-order valence-corrected chi connectivity index (χ0v) is 14.5. The summed E-state index contributed by atoms with van der Waals surface area (Å²) in [6.45, 7) is 6.26. The molecule has 0 aliphatic heterocycles. The number of esters is 2. The van der Waals surface area contributed by atoms with Crippen LogP contribution in [0.1, 0.15) is 52.0 Å². The van der Waals surface area contributed by atoms with Gasteiger partial charge in [-0.3, -0.25) is 9.59 Å². The Hall–Kier alpha value is -1.84. The van der Waals surface area contributed by atoms with Gasteiger partial charge < -0.3 is 9.47 Å². The standard InChI is InChI=1S/C19H28O4/c1-4-7-13-19(18(21)23-6-3,15-17(20)22-5-2)14-16-11-9-8-10-12-16/h8-12H,4-7,13-15H2,1-3H3. The van der Waals surface area contributed by atoms with Crippen molar-refractivity contribution in [3.8, 4) is 0 Å². The number of carbonyl (C=O) groups excluding carboxylic acids is 2. The van der Waals surface area contributed by atoms with Crippen molar-refractivity contribution in [2.75, 3.05) is 13.2 Å². The third-order valence-electron chi connectivity index (χ3n) is 3.89. The van der Waals surface area contributed by atoms with Crippen LogP contribution in [-0.4, -0.2) is 25.2 Å². The third-order valence-corrected chi connectivity index (χ3v) is 3.89. The van der Waals surface area contributed by atoms with Crippen LogP contribution in [0.25, 0.3) is 0 Å². The highest BCUT2D eigenvalue weighted by Gasteiger charge is 2.42. The molecule has 4 heteroatoms. The van der Waals surface area contributed by atoms with Gasteiger partial charge in [0.2, 0.25) is 0 Å². The lowest BCUT2D eigenvalue weighted by Crippen LogP contribution is -2.38. The molecule has 0 radical (unpaired) electrons. The fourth-order valence-electron chi connectivity index (χ4n) is 2.76. The molecule has 1 aromatic carbocycles. The first kappa shape index (κ1) is 19.2. The number of ether oxygens (including phenoxy) is 2. The largest absolute Gasteiger partial charge is 0.466 e. The van der Waals surface area contributed by atoms with Gasteiger partial charge in [0, 0.05) is 0 Å². The first-order valence-corrected chi connectivity index (χ1v) is 8.44. The van der Waals surface area contributed by atoms with E-state index < -0.39 is 5.41 Å². The number of carbonyl (C=O) groups is 2. The molecule has 1 aromatic rings. The summed E-state index contributed by atoms with van der Waals surface area (Å²) in [5, 5.41) is 0. The maximum Gasteiger partial charge on any atom is 0.312 e. The van der Waals surface area contributed by atoms with Crippen LogP contribution in [-0.2, 0) is 25.5 Å². The van der Waals surface area contributed by atoms with Gasteiger partial charge >= 0.3 is 11.9 Å². The lowest BCUT2D eigenvalue weighted by atomic mass is 9.74. The summed E-state index contributed by atoms with van der Waals surface area (Å²) in [6.07, 6.45) is 3.00. The predicted molar refractivity (Wildman–Crippen MR) is 90.0 cm³/mol. The molecule has 0 saturated heterocycles. The second-order valence-electron chi connectivity index (χ2n) is 5.75. The molecular formula is C19H28O4. The van der Waals surface area contributed by atoms with Crippen molar-refractivity contribution < 1.29 is 19.1 Å². The topological polar surface area (TPSA) is 52.6 Å². The van der Waals surface area contributed by atoms with Crippen molar-refractivity contribution in [2.24, 2.45) is 5.41 Å². The number of hydrogen-bond acceptors (Lipinski definition) is 4. The van der Waals surface area contributed by atoms with E-state index in [0.717, 1.165) is 18.4 Å². The molecule has 0 N–H and O–H groups in total. The van der Waals surface area contributed by atoms with Crippen LogP contribution in [0, 0.1) is 5.41 Å². The van der Waals surface area contributed by atoms with Gasteiger partial charge in [0.1, 0.15) is 0 Å². The highest BCUT2D eigenvalue weighted by atomic mass is 16.5. The minimum Gasteiger partial charge on any atom is -0.466 e. The minimum atomic E-state index is -0.848. The smallest absolute Gasteiger partial charge is 0.312 e. The average Bonchev–Trinajstić information content (AvgIpc) is 2.54. The van der Waals surface area contributed by atoms with Crippen LogP contribution < -0.4 is 0 Å². The van der Waals surface area contributed by atoms with Crippen LogP contribution in [0.2, 0.25) is 0 Å². The number of benzene rings is 1. The first-order chi connectivity index (χ1) is 11.1. The fraction of sp³-hybridized carbons (Fsp3) is 0.579. The van der Waals surface area contributed by atoms with Crippen molar-refractivity contribution in [3.05, 3.63) is 35.9 Å². The summed E-state index contributed by atoms with van der Waals surface area (Å²) in [5.41, 5.74) is 0.181. The van der Waals surface area contributed by atoms with E-state index in [1.54, 1.807) is 13.8 Å². The molecule has 1 rings (SSSR count). The van der Waals surface area contributed by atoms with E-state index in [1.807, 2.05) is 30.3 Å². The molecule has 4 nitrogen and oxygen atoms in total. The van der Waals surface area contributed by atoms with E-state index in [1.165, 1.54) is 0 Å². The molecule has 0 heterocycles. The quantitative estimate of drug-likeness (QED) is 0.613. The van der Waals surface area contributed by atoms with E-state index in [9.17, 15) is 9.59 Å². The van der Waals surface area contributed by atoms with Gasteiger partial charge in [-0.25, -0.2) is 0 Å². The Bertz CT molecular complexity index is 483. The summed E-state index contributed by atoms with van der Waals surface area (Å²) < 4.78 is 10.4. The van der Waals surface area contributed by atoms with Crippen LogP contribution >= 0.6 is 0 Å². The van der Waals surface area contributed by atoms with Gasteiger partial charge in [-0.05, 0) is 32.3 Å². The summed E-state index contributed by atoms with van der Waals surface area (Å²) in [7, 11) is 0. The number of hydrogen-bond donors (Lipinski definition) is 0. The van der Waals surface area contributed by atoms with Crippen molar-refractivity contribution in [2.45, 2.75) is 52.9 Å². The third kappa shape index (κ3) is 6.05. The molecule has 0 aromatic heterocycles. The normalized spacial score (nSPS) is 13.2. The van der Waals surface area contributed by atoms with Crippen molar-refractivity contribution in [3.63, 3.8) is 0 Å². The monoisotopic (exact) mass is 320 g/mol. The van der Waals surface area contributed by atoms with Gasteiger partial charge in [0.15, 0.2) is 0 Å². The molecule has 0 aliphatic rings. The van der Waals surface area contributed by atoms with Crippen LogP contribution in [0.4, 0.5) is 0 Å². The van der Waals surface area contributed by atoms with E-state index in [2.05, 4.69) is 6.92 Å². The fourth-order valence-corrected chi connectivity index (χ4v) is 2.76. The van der Waals surface area contributed by atoms with Gasteiger partial charge in [-0.1, -0.05) is 50.1 Å². The molecular weight excluding hydrogens is 292 g/mol. The Kier molecular flexibility index (Phi) is 8.38. The molecule has 23 heavy (non-hydrogen) atoms. The molecule has 128 valence electrons. The summed E-state index contributed by atoms with van der Waals surface area (Å²) in [5.74, 6) is -0.641. The summed E-state index contributed by atoms with van der Waals surface area (Å²) in [6, 6.07) is 9.77. The number of rotatable bonds is 10. The zero-order chi connectivity index (χ0) is 17.1. The molecule has 0 aliphatic carbocycles. The second kappa shape index (κ2) is 10.0. The lowest BCUT2D eigenvalue weighted by molar-refractivity contribution is -0.163. The average molecular weight is 320 g/mol. The van der Waals surface area contributed by atoms with Crippen LogP contribution in [0.3, 0.4) is 0 Å². The highest BCUT2D eigenvalue weighted by molar-refractivity contribution is 5.83. The Labute approximate surface area is 139 Å². The van der Waals surface area contributed by atoms with Crippen molar-refractivity contribution >= 4 is 11.9 Å². The SMILES string of the molecule is CCCCC(CC(=O)OCC)(Cc1ccccc1)C(=O)OCC. The predicted octanol–water partition coefficient (Wildman–Crippen LogP) is 3.92. The molecule has 0 fully saturated rings. The van der Waals surface area contributed by atoms with E-state index >= 15 is 0 Å². The maximum absolute atomic E-state index is 12.7. The molecule has 1 atom stereocenters. The molecule has 0 saturated carbocycles. The molecule has 0 bridgehead atoms. The van der Waals surface area contributed by atoms with Crippen molar-refractivity contribution in [1.82, 2.24) is 0 Å². The number of unbranched alkanes of at least 4 members (excludes halogenated alkanes) is 1. The van der Waals surface area contributed by atoms with E-state index in [-0.39, 0.29) is 18.4 Å². The first-order valence-electron chi connectivity index (χ1n) is 8.44. The Morgan fingerprint density at radius 3 is 2.22 bits per heavy atom. The summed E-state index contributed by atoms with van der Waals surface area (Å²) in [4.78, 5) is 24.8. The molecule has 0 amide bonds. The van der Waals surface area contributed by atoms with Crippen LogP contribution in [0.15, 0.2) is 30.3 Å². The lowest BCUT2D eigenvalue weighted by Gasteiger charge is -2.31. The molecule has 1 unspecified atom stereocenters. The van der Waals surface area contributed by atoms with Gasteiger partial charge in [-0.15, -0.1) is 0 Å². The van der Waals surface area contributed by atoms with Gasteiger partial charge in [0.25, 0.3) is 0 Å². The zero-order valence-electron chi connectivity index (χ0n) is 14.5.